The molecule has 0 saturated carbocycles. The molecule has 1 atom stereocenters. The smallest absolute Gasteiger partial charge is 0.407 e. The summed E-state index contributed by atoms with van der Waals surface area (Å²) in [4.78, 5) is 15.7. The first-order valence-corrected chi connectivity index (χ1v) is 6.34. The van der Waals surface area contributed by atoms with Gasteiger partial charge < -0.3 is 15.8 Å². The van der Waals surface area contributed by atoms with Crippen LogP contribution in [-0.2, 0) is 10.2 Å². The van der Waals surface area contributed by atoms with Gasteiger partial charge in [-0.05, 0) is 32.4 Å². The molecule has 0 fully saturated rings. The molecule has 1 aromatic rings. The van der Waals surface area contributed by atoms with Crippen molar-refractivity contribution in [1.29, 1.82) is 0 Å². The van der Waals surface area contributed by atoms with Gasteiger partial charge in [-0.2, -0.15) is 0 Å². The molecule has 0 aromatic carbocycles. The van der Waals surface area contributed by atoms with E-state index >= 15 is 0 Å². The predicted octanol–water partition coefficient (Wildman–Crippen LogP) is 1.82. The first-order chi connectivity index (χ1) is 8.77. The van der Waals surface area contributed by atoms with Gasteiger partial charge in [-0.25, -0.2) is 4.79 Å². The van der Waals surface area contributed by atoms with E-state index in [0.29, 0.717) is 13.1 Å². The largest absolute Gasteiger partial charge is 0.444 e. The fraction of sp³-hybridized carbons (Fsp3) is 0.571. The van der Waals surface area contributed by atoms with E-state index in [-0.39, 0.29) is 5.41 Å². The van der Waals surface area contributed by atoms with Crippen molar-refractivity contribution in [3.63, 3.8) is 0 Å². The molecular weight excluding hydrogens is 242 g/mol. The summed E-state index contributed by atoms with van der Waals surface area (Å²) in [5.74, 6) is 0. The molecule has 0 radical (unpaired) electrons. The first kappa shape index (κ1) is 15.4. The van der Waals surface area contributed by atoms with Gasteiger partial charge in [0.15, 0.2) is 0 Å². The van der Waals surface area contributed by atoms with E-state index in [1.807, 2.05) is 39.8 Å². The summed E-state index contributed by atoms with van der Waals surface area (Å²) in [6.07, 6.45) is 3.04. The first-order valence-electron chi connectivity index (χ1n) is 6.34. The Morgan fingerprint density at radius 3 is 2.58 bits per heavy atom. The molecule has 1 amide bonds. The van der Waals surface area contributed by atoms with Gasteiger partial charge in [0.2, 0.25) is 0 Å². The van der Waals surface area contributed by atoms with Crippen molar-refractivity contribution in [2.75, 3.05) is 13.1 Å². The number of ether oxygens (including phenoxy) is 1. The number of carbonyl (C=O) groups excluding carboxylic acids is 1. The summed E-state index contributed by atoms with van der Waals surface area (Å²) in [7, 11) is 0. The predicted molar refractivity (Wildman–Crippen MR) is 74.9 cm³/mol. The molecular formula is C14H23N3O2. The zero-order valence-electron chi connectivity index (χ0n) is 12.1. The highest BCUT2D eigenvalue weighted by Gasteiger charge is 2.27. The van der Waals surface area contributed by atoms with Crippen LogP contribution in [0.1, 0.15) is 33.3 Å². The van der Waals surface area contributed by atoms with Crippen LogP contribution < -0.4 is 11.1 Å². The highest BCUT2D eigenvalue weighted by atomic mass is 16.6. The molecule has 1 aromatic heterocycles. The summed E-state index contributed by atoms with van der Waals surface area (Å²) < 4.78 is 5.21. The Labute approximate surface area is 114 Å². The molecule has 0 aliphatic rings. The Morgan fingerprint density at radius 2 is 2.11 bits per heavy atom. The van der Waals surface area contributed by atoms with Crippen molar-refractivity contribution >= 4 is 6.09 Å². The molecule has 3 N–H and O–H groups in total. The van der Waals surface area contributed by atoms with Crippen LogP contribution in [0.2, 0.25) is 0 Å². The Bertz CT molecular complexity index is 414. The SMILES string of the molecule is CC(C)(C)OC(=O)NCC(C)(CN)c1cccnc1. The minimum Gasteiger partial charge on any atom is -0.444 e. The molecule has 1 unspecified atom stereocenters. The number of pyridine rings is 1. The van der Waals surface area contributed by atoms with Crippen LogP contribution in [0, 0.1) is 0 Å². The van der Waals surface area contributed by atoms with Crippen LogP contribution in [0.5, 0.6) is 0 Å². The van der Waals surface area contributed by atoms with Gasteiger partial charge in [-0.3, -0.25) is 4.98 Å². The molecule has 5 heteroatoms. The summed E-state index contributed by atoms with van der Waals surface area (Å²) in [6, 6.07) is 3.81. The van der Waals surface area contributed by atoms with Crippen LogP contribution >= 0.6 is 0 Å². The summed E-state index contributed by atoms with van der Waals surface area (Å²) >= 11 is 0. The lowest BCUT2D eigenvalue weighted by Gasteiger charge is -2.29. The molecule has 0 aliphatic carbocycles. The third-order valence-corrected chi connectivity index (χ3v) is 2.83. The van der Waals surface area contributed by atoms with Gasteiger partial charge in [-0.15, -0.1) is 0 Å². The second-order valence-electron chi connectivity index (χ2n) is 5.86. The highest BCUT2D eigenvalue weighted by molar-refractivity contribution is 5.67. The van der Waals surface area contributed by atoms with Gasteiger partial charge in [0.1, 0.15) is 5.60 Å². The lowest BCUT2D eigenvalue weighted by atomic mass is 9.83. The normalized spacial score (nSPS) is 14.6. The Balaban J connectivity index is 2.65. The van der Waals surface area contributed by atoms with E-state index in [1.165, 1.54) is 0 Å². The lowest BCUT2D eigenvalue weighted by molar-refractivity contribution is 0.0516. The van der Waals surface area contributed by atoms with Crippen LogP contribution in [-0.4, -0.2) is 29.8 Å². The zero-order valence-corrected chi connectivity index (χ0v) is 12.1. The number of carbonyl (C=O) groups is 1. The Kier molecular flexibility index (Phi) is 4.89. The van der Waals surface area contributed by atoms with E-state index in [9.17, 15) is 4.79 Å². The number of hydrogen-bond acceptors (Lipinski definition) is 4. The van der Waals surface area contributed by atoms with E-state index in [2.05, 4.69) is 10.3 Å². The number of nitrogens with two attached hydrogens (primary N) is 1. The van der Waals surface area contributed by atoms with Crippen molar-refractivity contribution in [2.45, 2.75) is 38.7 Å². The molecule has 0 aliphatic heterocycles. The Morgan fingerprint density at radius 1 is 1.42 bits per heavy atom. The van der Waals surface area contributed by atoms with E-state index < -0.39 is 11.7 Å². The van der Waals surface area contributed by atoms with Gasteiger partial charge in [0.05, 0.1) is 0 Å². The van der Waals surface area contributed by atoms with Gasteiger partial charge in [0, 0.05) is 30.9 Å². The third-order valence-electron chi connectivity index (χ3n) is 2.83. The molecule has 5 nitrogen and oxygen atoms in total. The summed E-state index contributed by atoms with van der Waals surface area (Å²) in [5, 5.41) is 2.76. The van der Waals surface area contributed by atoms with Crippen molar-refractivity contribution in [2.24, 2.45) is 5.73 Å². The number of alkyl carbamates (subject to hydrolysis) is 1. The fourth-order valence-corrected chi connectivity index (χ4v) is 1.59. The number of nitrogens with one attached hydrogen (secondary N) is 1. The van der Waals surface area contributed by atoms with Crippen LogP contribution in [0.15, 0.2) is 24.5 Å². The van der Waals surface area contributed by atoms with E-state index in [1.54, 1.807) is 12.4 Å². The number of hydrogen-bond donors (Lipinski definition) is 2. The van der Waals surface area contributed by atoms with Crippen molar-refractivity contribution < 1.29 is 9.53 Å². The molecule has 0 bridgehead atoms. The fourth-order valence-electron chi connectivity index (χ4n) is 1.59. The van der Waals surface area contributed by atoms with Gasteiger partial charge in [0.25, 0.3) is 0 Å². The topological polar surface area (TPSA) is 77.2 Å². The summed E-state index contributed by atoms with van der Waals surface area (Å²) in [6.45, 7) is 8.29. The molecule has 106 valence electrons. The van der Waals surface area contributed by atoms with Crippen LogP contribution in [0.25, 0.3) is 0 Å². The number of rotatable bonds is 4. The zero-order chi connectivity index (χ0) is 14.5. The quantitative estimate of drug-likeness (QED) is 0.870. The average Bonchev–Trinajstić information content (AvgIpc) is 2.35. The van der Waals surface area contributed by atoms with Crippen LogP contribution in [0.3, 0.4) is 0 Å². The van der Waals surface area contributed by atoms with E-state index in [4.69, 9.17) is 10.5 Å². The molecule has 1 heterocycles. The Hall–Kier alpha value is -1.62. The summed E-state index contributed by atoms with van der Waals surface area (Å²) in [5.41, 5.74) is 5.97. The lowest BCUT2D eigenvalue weighted by Crippen LogP contribution is -2.45. The second-order valence-corrected chi connectivity index (χ2v) is 5.86. The van der Waals surface area contributed by atoms with Crippen molar-refractivity contribution in [3.8, 4) is 0 Å². The average molecular weight is 265 g/mol. The molecule has 0 saturated heterocycles. The number of nitrogens with zero attached hydrogens (tertiary/aromatic N) is 1. The maximum absolute atomic E-state index is 11.7. The monoisotopic (exact) mass is 265 g/mol. The minimum atomic E-state index is -0.502. The van der Waals surface area contributed by atoms with Crippen molar-refractivity contribution in [3.05, 3.63) is 30.1 Å². The maximum atomic E-state index is 11.7. The highest BCUT2D eigenvalue weighted by Crippen LogP contribution is 2.20. The standard InChI is InChI=1S/C14H23N3O2/c1-13(2,3)19-12(18)17-10-14(4,9-15)11-6-5-7-16-8-11/h5-8H,9-10,15H2,1-4H3,(H,17,18). The third kappa shape index (κ3) is 4.87. The van der Waals surface area contributed by atoms with Crippen molar-refractivity contribution in [1.82, 2.24) is 10.3 Å². The van der Waals surface area contributed by atoms with Gasteiger partial charge in [-0.1, -0.05) is 13.0 Å². The van der Waals surface area contributed by atoms with Crippen LogP contribution in [0.4, 0.5) is 4.79 Å². The molecule has 0 spiro atoms. The second kappa shape index (κ2) is 6.02. The molecule has 19 heavy (non-hydrogen) atoms. The number of amides is 1. The maximum Gasteiger partial charge on any atom is 0.407 e. The minimum absolute atomic E-state index is 0.356. The van der Waals surface area contributed by atoms with E-state index in [0.717, 1.165) is 5.56 Å². The number of aromatic nitrogens is 1. The molecule has 1 rings (SSSR count). The van der Waals surface area contributed by atoms with Gasteiger partial charge >= 0.3 is 6.09 Å².